The zero-order valence-electron chi connectivity index (χ0n) is 9.87. The van der Waals surface area contributed by atoms with E-state index in [1.54, 1.807) is 11.3 Å². The van der Waals surface area contributed by atoms with Crippen molar-refractivity contribution in [2.45, 2.75) is 33.4 Å². The molecule has 0 unspecified atom stereocenters. The van der Waals surface area contributed by atoms with Crippen LogP contribution in [0.5, 0.6) is 0 Å². The van der Waals surface area contributed by atoms with Crippen molar-refractivity contribution < 1.29 is 0 Å². The summed E-state index contributed by atoms with van der Waals surface area (Å²) in [6.45, 7) is 7.24. The van der Waals surface area contributed by atoms with Crippen LogP contribution in [0.15, 0.2) is 17.5 Å². The van der Waals surface area contributed by atoms with E-state index >= 15 is 0 Å². The predicted octanol–water partition coefficient (Wildman–Crippen LogP) is 2.94. The summed E-state index contributed by atoms with van der Waals surface area (Å²) in [5.74, 6) is 0. The molecule has 0 atom stereocenters. The van der Waals surface area contributed by atoms with Crippen LogP contribution >= 0.6 is 11.3 Å². The second kappa shape index (κ2) is 4.80. The van der Waals surface area contributed by atoms with Gasteiger partial charge in [-0.05, 0) is 30.0 Å². The van der Waals surface area contributed by atoms with E-state index in [-0.39, 0.29) is 0 Å². The Hall–Kier alpha value is -1.13. The molecular formula is C12H17N3S. The highest BCUT2D eigenvalue weighted by Crippen LogP contribution is 2.27. The number of hydrogen-bond donors (Lipinski definition) is 2. The summed E-state index contributed by atoms with van der Waals surface area (Å²) >= 11 is 1.74. The lowest BCUT2D eigenvalue weighted by atomic mass is 10.2. The molecule has 0 aliphatic rings. The van der Waals surface area contributed by atoms with Crippen molar-refractivity contribution >= 4 is 11.3 Å². The van der Waals surface area contributed by atoms with Gasteiger partial charge < -0.3 is 5.32 Å². The molecule has 0 saturated carbocycles. The maximum absolute atomic E-state index is 4.34. The molecule has 0 bridgehead atoms. The standard InChI is InChI=1S/C12H17N3S/c1-8(2)13-7-10-6-11(15-14-10)12-9(3)4-5-16-12/h4-6,8,13H,7H2,1-3H3,(H,14,15). The van der Waals surface area contributed by atoms with Gasteiger partial charge in [-0.1, -0.05) is 13.8 Å². The third-order valence-corrected chi connectivity index (χ3v) is 3.47. The van der Waals surface area contributed by atoms with E-state index in [0.717, 1.165) is 17.9 Å². The van der Waals surface area contributed by atoms with E-state index in [1.807, 2.05) is 0 Å². The van der Waals surface area contributed by atoms with Crippen LogP contribution in [0, 0.1) is 6.92 Å². The maximum Gasteiger partial charge on any atom is 0.103 e. The highest BCUT2D eigenvalue weighted by atomic mass is 32.1. The molecule has 0 amide bonds. The Bertz CT molecular complexity index is 456. The van der Waals surface area contributed by atoms with E-state index in [2.05, 4.69) is 53.8 Å². The van der Waals surface area contributed by atoms with Crippen molar-refractivity contribution in [3.63, 3.8) is 0 Å². The Balaban J connectivity index is 2.11. The van der Waals surface area contributed by atoms with E-state index in [4.69, 9.17) is 0 Å². The summed E-state index contributed by atoms with van der Waals surface area (Å²) < 4.78 is 0. The lowest BCUT2D eigenvalue weighted by Gasteiger charge is -2.04. The highest BCUT2D eigenvalue weighted by molar-refractivity contribution is 7.13. The minimum Gasteiger partial charge on any atom is -0.309 e. The number of nitrogens with one attached hydrogen (secondary N) is 2. The largest absolute Gasteiger partial charge is 0.309 e. The lowest BCUT2D eigenvalue weighted by molar-refractivity contribution is 0.580. The number of thiophene rings is 1. The number of aryl methyl sites for hydroxylation is 1. The quantitative estimate of drug-likeness (QED) is 0.855. The monoisotopic (exact) mass is 235 g/mol. The van der Waals surface area contributed by atoms with Gasteiger partial charge in [-0.3, -0.25) is 5.10 Å². The van der Waals surface area contributed by atoms with E-state index < -0.39 is 0 Å². The van der Waals surface area contributed by atoms with Gasteiger partial charge in [0.25, 0.3) is 0 Å². The molecule has 0 fully saturated rings. The van der Waals surface area contributed by atoms with Crippen LogP contribution in [0.2, 0.25) is 0 Å². The Kier molecular flexibility index (Phi) is 3.41. The van der Waals surface area contributed by atoms with Crippen LogP contribution in [0.25, 0.3) is 10.6 Å². The fourth-order valence-corrected chi connectivity index (χ4v) is 2.41. The SMILES string of the molecule is Cc1ccsc1-c1cc(CNC(C)C)[nH]n1. The summed E-state index contributed by atoms with van der Waals surface area (Å²) in [7, 11) is 0. The molecule has 0 radical (unpaired) electrons. The number of rotatable bonds is 4. The van der Waals surface area contributed by atoms with Crippen LogP contribution in [0.4, 0.5) is 0 Å². The van der Waals surface area contributed by atoms with Gasteiger partial charge in [0, 0.05) is 18.3 Å². The minimum absolute atomic E-state index is 0.496. The molecule has 0 aliphatic carbocycles. The Morgan fingerprint density at radius 2 is 2.31 bits per heavy atom. The Labute approximate surface area is 99.9 Å². The summed E-state index contributed by atoms with van der Waals surface area (Å²) in [5, 5.41) is 12.9. The summed E-state index contributed by atoms with van der Waals surface area (Å²) in [6.07, 6.45) is 0. The average molecular weight is 235 g/mol. The van der Waals surface area contributed by atoms with E-state index in [1.165, 1.54) is 10.4 Å². The van der Waals surface area contributed by atoms with Gasteiger partial charge >= 0.3 is 0 Å². The van der Waals surface area contributed by atoms with Crippen LogP contribution in [0.3, 0.4) is 0 Å². The number of aromatic nitrogens is 2. The first-order valence-corrected chi connectivity index (χ1v) is 6.37. The second-order valence-corrected chi connectivity index (χ2v) is 5.16. The van der Waals surface area contributed by atoms with Crippen LogP contribution in [0.1, 0.15) is 25.1 Å². The summed E-state index contributed by atoms with van der Waals surface area (Å²) in [6, 6.07) is 4.74. The number of aromatic amines is 1. The first kappa shape index (κ1) is 11.4. The van der Waals surface area contributed by atoms with Crippen molar-refractivity contribution in [3.8, 4) is 10.6 Å². The molecule has 86 valence electrons. The van der Waals surface area contributed by atoms with Crippen molar-refractivity contribution in [2.24, 2.45) is 0 Å². The van der Waals surface area contributed by atoms with E-state index in [0.29, 0.717) is 6.04 Å². The zero-order valence-corrected chi connectivity index (χ0v) is 10.7. The van der Waals surface area contributed by atoms with Crippen molar-refractivity contribution in [1.29, 1.82) is 0 Å². The molecule has 0 aromatic carbocycles. The average Bonchev–Trinajstić information content (AvgIpc) is 2.83. The molecular weight excluding hydrogens is 218 g/mol. The summed E-state index contributed by atoms with van der Waals surface area (Å²) in [5.41, 5.74) is 3.48. The molecule has 0 spiro atoms. The van der Waals surface area contributed by atoms with Gasteiger partial charge in [-0.15, -0.1) is 11.3 Å². The molecule has 2 rings (SSSR count). The maximum atomic E-state index is 4.34. The van der Waals surface area contributed by atoms with Gasteiger partial charge in [0.05, 0.1) is 4.88 Å². The molecule has 0 saturated heterocycles. The van der Waals surface area contributed by atoms with Crippen molar-refractivity contribution in [3.05, 3.63) is 28.8 Å². The summed E-state index contributed by atoms with van der Waals surface area (Å²) in [4.78, 5) is 1.26. The molecule has 2 heterocycles. The number of hydrogen-bond acceptors (Lipinski definition) is 3. The van der Waals surface area contributed by atoms with Crippen molar-refractivity contribution in [2.75, 3.05) is 0 Å². The van der Waals surface area contributed by atoms with Crippen LogP contribution in [-0.4, -0.2) is 16.2 Å². The van der Waals surface area contributed by atoms with E-state index in [9.17, 15) is 0 Å². The number of H-pyrrole nitrogens is 1. The molecule has 3 nitrogen and oxygen atoms in total. The molecule has 4 heteroatoms. The first-order chi connectivity index (χ1) is 7.66. The molecule has 2 aromatic heterocycles. The molecule has 2 aromatic rings. The Morgan fingerprint density at radius 3 is 2.94 bits per heavy atom. The molecule has 0 aliphatic heterocycles. The third-order valence-electron chi connectivity index (χ3n) is 2.43. The number of nitrogens with zero attached hydrogens (tertiary/aromatic N) is 1. The molecule has 16 heavy (non-hydrogen) atoms. The van der Waals surface area contributed by atoms with Crippen LogP contribution < -0.4 is 5.32 Å². The second-order valence-electron chi connectivity index (χ2n) is 4.25. The first-order valence-electron chi connectivity index (χ1n) is 5.49. The smallest absolute Gasteiger partial charge is 0.103 e. The van der Waals surface area contributed by atoms with Gasteiger partial charge in [0.1, 0.15) is 5.69 Å². The lowest BCUT2D eigenvalue weighted by Crippen LogP contribution is -2.21. The van der Waals surface area contributed by atoms with Gasteiger partial charge in [0.2, 0.25) is 0 Å². The van der Waals surface area contributed by atoms with Crippen molar-refractivity contribution in [1.82, 2.24) is 15.5 Å². The fourth-order valence-electron chi connectivity index (χ4n) is 1.52. The van der Waals surface area contributed by atoms with Crippen LogP contribution in [-0.2, 0) is 6.54 Å². The fraction of sp³-hybridized carbons (Fsp3) is 0.417. The third kappa shape index (κ3) is 2.51. The highest BCUT2D eigenvalue weighted by Gasteiger charge is 2.07. The topological polar surface area (TPSA) is 40.7 Å². The molecule has 2 N–H and O–H groups in total. The minimum atomic E-state index is 0.496. The Morgan fingerprint density at radius 1 is 1.50 bits per heavy atom. The van der Waals surface area contributed by atoms with Gasteiger partial charge in [-0.2, -0.15) is 5.10 Å². The predicted molar refractivity (Wildman–Crippen MR) is 68.6 cm³/mol. The van der Waals surface area contributed by atoms with Gasteiger partial charge in [-0.25, -0.2) is 0 Å². The van der Waals surface area contributed by atoms with Gasteiger partial charge in [0.15, 0.2) is 0 Å². The zero-order chi connectivity index (χ0) is 11.5. The normalized spacial score (nSPS) is 11.2.